The summed E-state index contributed by atoms with van der Waals surface area (Å²) in [5.41, 5.74) is 2.70. The Balaban J connectivity index is 1.60. The van der Waals surface area contributed by atoms with Gasteiger partial charge < -0.3 is 14.6 Å². The van der Waals surface area contributed by atoms with Crippen LogP contribution in [0.25, 0.3) is 0 Å². The Morgan fingerprint density at radius 2 is 2.04 bits per heavy atom. The average molecular weight is 355 g/mol. The van der Waals surface area contributed by atoms with Gasteiger partial charge in [0.05, 0.1) is 6.61 Å². The number of benzene rings is 1. The summed E-state index contributed by atoms with van der Waals surface area (Å²) in [5, 5.41) is 2.95. The highest BCUT2D eigenvalue weighted by atomic mass is 16.5. The lowest BCUT2D eigenvalue weighted by atomic mass is 10.0. The Morgan fingerprint density at radius 1 is 1.19 bits per heavy atom. The number of hydrogen-bond donors (Lipinski definition) is 1. The van der Waals surface area contributed by atoms with E-state index < -0.39 is 0 Å². The summed E-state index contributed by atoms with van der Waals surface area (Å²) < 4.78 is 7.30. The number of hydrogen-bond acceptors (Lipinski definition) is 3. The number of methoxy groups -OCH3 is 1. The molecule has 26 heavy (non-hydrogen) atoms. The van der Waals surface area contributed by atoms with Crippen LogP contribution in [0.5, 0.6) is 0 Å². The van der Waals surface area contributed by atoms with Crippen molar-refractivity contribution in [2.75, 3.05) is 33.4 Å². The molecule has 2 heterocycles. The lowest BCUT2D eigenvalue weighted by Crippen LogP contribution is -2.34. The van der Waals surface area contributed by atoms with Gasteiger partial charge in [-0.25, -0.2) is 0 Å². The van der Waals surface area contributed by atoms with Crippen LogP contribution in [0.1, 0.15) is 17.7 Å². The molecule has 1 aromatic carbocycles. The van der Waals surface area contributed by atoms with Crippen LogP contribution >= 0.6 is 0 Å². The second kappa shape index (κ2) is 9.55. The molecule has 1 unspecified atom stereocenters. The summed E-state index contributed by atoms with van der Waals surface area (Å²) >= 11 is 0. The van der Waals surface area contributed by atoms with Crippen LogP contribution in [-0.2, 0) is 29.0 Å². The maximum atomic E-state index is 12.2. The zero-order valence-corrected chi connectivity index (χ0v) is 15.6. The van der Waals surface area contributed by atoms with Crippen LogP contribution in [0.4, 0.5) is 0 Å². The van der Waals surface area contributed by atoms with E-state index in [-0.39, 0.29) is 5.91 Å². The van der Waals surface area contributed by atoms with Crippen LogP contribution in [0.15, 0.2) is 48.7 Å². The molecule has 1 aromatic heterocycles. The summed E-state index contributed by atoms with van der Waals surface area (Å²) in [7, 11) is 1.65. The van der Waals surface area contributed by atoms with Gasteiger partial charge in [0, 0.05) is 58.1 Å². The van der Waals surface area contributed by atoms with Crippen LogP contribution in [0.3, 0.4) is 0 Å². The summed E-state index contributed by atoms with van der Waals surface area (Å²) in [6.45, 7) is 4.95. The number of fused-ring (bicyclic) bond motifs is 1. The van der Waals surface area contributed by atoms with Crippen molar-refractivity contribution in [1.29, 1.82) is 0 Å². The van der Waals surface area contributed by atoms with E-state index in [1.807, 2.05) is 0 Å². The topological polar surface area (TPSA) is 46.5 Å². The number of nitrogens with one attached hydrogen (secondary N) is 1. The number of rotatable bonds is 8. The van der Waals surface area contributed by atoms with Gasteiger partial charge in [-0.3, -0.25) is 9.69 Å². The molecule has 0 radical (unpaired) electrons. The number of nitrogens with zero attached hydrogens (tertiary/aromatic N) is 2. The predicted octanol–water partition coefficient (Wildman–Crippen LogP) is 2.32. The molecule has 0 aliphatic carbocycles. The molecule has 140 valence electrons. The van der Waals surface area contributed by atoms with E-state index in [0.717, 1.165) is 32.6 Å². The van der Waals surface area contributed by atoms with E-state index in [2.05, 4.69) is 63.4 Å². The van der Waals surface area contributed by atoms with Gasteiger partial charge in [0.15, 0.2) is 0 Å². The predicted molar refractivity (Wildman–Crippen MR) is 103 cm³/mol. The second-order valence-electron chi connectivity index (χ2n) is 7.04. The highest BCUT2D eigenvalue weighted by Crippen LogP contribution is 2.20. The van der Waals surface area contributed by atoms with E-state index >= 15 is 0 Å². The Hall–Kier alpha value is -2.11. The molecular formula is C21H29N3O2. The van der Waals surface area contributed by atoms with E-state index in [1.54, 1.807) is 7.11 Å². The molecule has 5 heteroatoms. The Kier molecular flexibility index (Phi) is 6.86. The minimum atomic E-state index is 0.116. The van der Waals surface area contributed by atoms with Crippen LogP contribution in [-0.4, -0.2) is 48.7 Å². The number of carbonyl (C=O) groups excluding carboxylic acids is 1. The van der Waals surface area contributed by atoms with Gasteiger partial charge in [-0.2, -0.15) is 0 Å². The molecule has 0 fully saturated rings. The van der Waals surface area contributed by atoms with Crippen LogP contribution < -0.4 is 5.32 Å². The SMILES string of the molecule is COCCNC(=O)CC1CN(CCc2ccccc2)Cc2cccn2C1. The van der Waals surface area contributed by atoms with Crippen LogP contribution in [0.2, 0.25) is 0 Å². The molecule has 2 aromatic rings. The first kappa shape index (κ1) is 18.7. The molecule has 1 aliphatic rings. The maximum Gasteiger partial charge on any atom is 0.220 e. The lowest BCUT2D eigenvalue weighted by molar-refractivity contribution is -0.122. The molecule has 0 saturated heterocycles. The van der Waals surface area contributed by atoms with E-state index in [9.17, 15) is 4.79 Å². The largest absolute Gasteiger partial charge is 0.383 e. The third-order valence-corrected chi connectivity index (χ3v) is 4.94. The van der Waals surface area contributed by atoms with Gasteiger partial charge in [0.25, 0.3) is 0 Å². The smallest absolute Gasteiger partial charge is 0.220 e. The third kappa shape index (κ3) is 5.44. The summed E-state index contributed by atoms with van der Waals surface area (Å²) in [5.74, 6) is 0.438. The van der Waals surface area contributed by atoms with Crippen molar-refractivity contribution in [2.24, 2.45) is 5.92 Å². The fourth-order valence-electron chi connectivity index (χ4n) is 3.62. The van der Waals surface area contributed by atoms with Gasteiger partial charge in [0.1, 0.15) is 0 Å². The molecule has 0 spiro atoms. The molecule has 0 saturated carbocycles. The Morgan fingerprint density at radius 3 is 2.85 bits per heavy atom. The minimum Gasteiger partial charge on any atom is -0.383 e. The van der Waals surface area contributed by atoms with Crippen molar-refractivity contribution in [3.05, 3.63) is 59.9 Å². The standard InChI is InChI=1S/C21H29N3O2/c1-26-13-10-22-21(25)14-19-15-23(12-9-18-6-3-2-4-7-18)17-20-8-5-11-24(20)16-19/h2-8,11,19H,9-10,12-17H2,1H3,(H,22,25). The Bertz CT molecular complexity index is 684. The third-order valence-electron chi connectivity index (χ3n) is 4.94. The summed E-state index contributed by atoms with van der Waals surface area (Å²) in [4.78, 5) is 14.7. The van der Waals surface area contributed by atoms with Crippen molar-refractivity contribution in [3.63, 3.8) is 0 Å². The normalized spacial score (nSPS) is 17.5. The first-order valence-corrected chi connectivity index (χ1v) is 9.40. The quantitative estimate of drug-likeness (QED) is 0.739. The van der Waals surface area contributed by atoms with E-state index in [4.69, 9.17) is 4.74 Å². The molecule has 5 nitrogen and oxygen atoms in total. The highest BCUT2D eigenvalue weighted by Gasteiger charge is 2.23. The van der Waals surface area contributed by atoms with Crippen molar-refractivity contribution in [3.8, 4) is 0 Å². The van der Waals surface area contributed by atoms with Gasteiger partial charge in [-0.05, 0) is 30.0 Å². The highest BCUT2D eigenvalue weighted by molar-refractivity contribution is 5.76. The molecule has 1 atom stereocenters. The van der Waals surface area contributed by atoms with Crippen molar-refractivity contribution in [2.45, 2.75) is 25.9 Å². The zero-order valence-electron chi connectivity index (χ0n) is 15.6. The second-order valence-corrected chi connectivity index (χ2v) is 7.04. The maximum absolute atomic E-state index is 12.2. The van der Waals surface area contributed by atoms with E-state index in [0.29, 0.717) is 25.5 Å². The molecule has 1 N–H and O–H groups in total. The molecule has 1 aliphatic heterocycles. The van der Waals surface area contributed by atoms with Gasteiger partial charge in [-0.1, -0.05) is 30.3 Å². The zero-order chi connectivity index (χ0) is 18.2. The van der Waals surface area contributed by atoms with Gasteiger partial charge >= 0.3 is 0 Å². The fourth-order valence-corrected chi connectivity index (χ4v) is 3.62. The lowest BCUT2D eigenvalue weighted by Gasteiger charge is -2.23. The number of carbonyl (C=O) groups is 1. The van der Waals surface area contributed by atoms with Crippen molar-refractivity contribution < 1.29 is 9.53 Å². The van der Waals surface area contributed by atoms with Crippen molar-refractivity contribution >= 4 is 5.91 Å². The number of ether oxygens (including phenoxy) is 1. The monoisotopic (exact) mass is 355 g/mol. The first-order chi connectivity index (χ1) is 12.7. The number of aromatic nitrogens is 1. The number of amides is 1. The molecule has 1 amide bonds. The van der Waals surface area contributed by atoms with Gasteiger partial charge in [-0.15, -0.1) is 0 Å². The summed E-state index contributed by atoms with van der Waals surface area (Å²) in [6.07, 6.45) is 3.73. The average Bonchev–Trinajstić information content (AvgIpc) is 3.00. The molecule has 3 rings (SSSR count). The van der Waals surface area contributed by atoms with Gasteiger partial charge in [0.2, 0.25) is 5.91 Å². The van der Waals surface area contributed by atoms with Crippen LogP contribution in [0, 0.1) is 5.92 Å². The minimum absolute atomic E-state index is 0.116. The summed E-state index contributed by atoms with van der Waals surface area (Å²) in [6, 6.07) is 14.9. The van der Waals surface area contributed by atoms with E-state index in [1.165, 1.54) is 11.3 Å². The van der Waals surface area contributed by atoms with Crippen molar-refractivity contribution in [1.82, 2.24) is 14.8 Å². The molecular weight excluding hydrogens is 326 g/mol. The Labute approximate surface area is 156 Å². The fraction of sp³-hybridized carbons (Fsp3) is 0.476. The molecule has 0 bridgehead atoms. The first-order valence-electron chi connectivity index (χ1n) is 9.40.